The van der Waals surface area contributed by atoms with Crippen molar-refractivity contribution in [3.05, 3.63) is 61.2 Å². The van der Waals surface area contributed by atoms with E-state index in [9.17, 15) is 5.11 Å². The molecule has 1 fully saturated rings. The fraction of sp³-hybridized carbons (Fsp3) is 0.286. The zero-order valence-corrected chi connectivity index (χ0v) is 15.5. The molecular weight excluding hydrogens is 354 g/mol. The van der Waals surface area contributed by atoms with Gasteiger partial charge in [0.25, 0.3) is 0 Å². The summed E-state index contributed by atoms with van der Waals surface area (Å²) in [6.45, 7) is 2.18. The Kier molecular flexibility index (Phi) is 3.91. The molecule has 4 heterocycles. The Morgan fingerprint density at radius 1 is 1.25 bits per heavy atom. The van der Waals surface area contributed by atoms with Gasteiger partial charge in [0.2, 0.25) is 5.88 Å². The summed E-state index contributed by atoms with van der Waals surface area (Å²) in [4.78, 5) is 4.02. The van der Waals surface area contributed by atoms with Crippen molar-refractivity contribution in [2.24, 2.45) is 0 Å². The first kappa shape index (κ1) is 16.9. The Morgan fingerprint density at radius 2 is 2.18 bits per heavy atom. The maximum atomic E-state index is 10.4. The van der Waals surface area contributed by atoms with Crippen LogP contribution in [0.15, 0.2) is 61.2 Å². The molecule has 7 heteroatoms. The summed E-state index contributed by atoms with van der Waals surface area (Å²) in [5.74, 6) is 0.649. The van der Waals surface area contributed by atoms with E-state index < -0.39 is 0 Å². The largest absolute Gasteiger partial charge is 0.507 e. The third-order valence-corrected chi connectivity index (χ3v) is 5.37. The molecule has 3 atom stereocenters. The van der Waals surface area contributed by atoms with Gasteiger partial charge in [0.1, 0.15) is 11.9 Å². The molecule has 5 rings (SSSR count). The van der Waals surface area contributed by atoms with Crippen LogP contribution in [-0.4, -0.2) is 42.5 Å². The average Bonchev–Trinajstić information content (AvgIpc) is 3.30. The highest BCUT2D eigenvalue weighted by Crippen LogP contribution is 2.33. The van der Waals surface area contributed by atoms with Gasteiger partial charge in [-0.3, -0.25) is 0 Å². The molecule has 142 valence electrons. The Balaban J connectivity index is 1.31. The standard InChI is InChI=1S/C21H21N5O2/c1-21-7-6-14(23-21)10-16(12-21)28-20-5-4-18(24-25-20)17-3-2-15(11-19(17)27)26-9-8-22-13-26/h2-9,11,13-14,16,23,27H,10,12H2,1H3/t14-,16-,21+/m1/s1. The van der Waals surface area contributed by atoms with Gasteiger partial charge in [-0.15, -0.1) is 10.2 Å². The number of ether oxygens (including phenoxy) is 1. The van der Waals surface area contributed by atoms with Crippen LogP contribution < -0.4 is 10.1 Å². The number of aromatic nitrogens is 4. The number of piperidine rings is 1. The fourth-order valence-corrected chi connectivity index (χ4v) is 4.05. The summed E-state index contributed by atoms with van der Waals surface area (Å²) in [7, 11) is 0. The van der Waals surface area contributed by atoms with Crippen molar-refractivity contribution in [1.82, 2.24) is 25.1 Å². The van der Waals surface area contributed by atoms with Gasteiger partial charge in [0.15, 0.2) is 0 Å². The van der Waals surface area contributed by atoms with Gasteiger partial charge in [-0.2, -0.15) is 0 Å². The van der Waals surface area contributed by atoms with E-state index in [2.05, 4.69) is 39.6 Å². The first-order valence-corrected chi connectivity index (χ1v) is 9.37. The third kappa shape index (κ3) is 3.14. The van der Waals surface area contributed by atoms with E-state index in [1.807, 2.05) is 35.0 Å². The minimum Gasteiger partial charge on any atom is -0.507 e. The number of fused-ring (bicyclic) bond motifs is 2. The highest BCUT2D eigenvalue weighted by molar-refractivity contribution is 5.68. The van der Waals surface area contributed by atoms with Crippen molar-refractivity contribution in [3.8, 4) is 28.6 Å². The highest BCUT2D eigenvalue weighted by atomic mass is 16.5. The van der Waals surface area contributed by atoms with Gasteiger partial charge < -0.3 is 19.7 Å². The molecule has 2 aromatic heterocycles. The van der Waals surface area contributed by atoms with E-state index in [1.54, 1.807) is 18.6 Å². The molecule has 28 heavy (non-hydrogen) atoms. The summed E-state index contributed by atoms with van der Waals surface area (Å²) in [6.07, 6.45) is 11.6. The average molecular weight is 375 g/mol. The summed E-state index contributed by atoms with van der Waals surface area (Å²) in [5, 5.41) is 22.5. The van der Waals surface area contributed by atoms with Gasteiger partial charge in [0, 0.05) is 54.5 Å². The predicted molar refractivity (Wildman–Crippen MR) is 104 cm³/mol. The van der Waals surface area contributed by atoms with Gasteiger partial charge in [-0.1, -0.05) is 12.2 Å². The van der Waals surface area contributed by atoms with Crippen LogP contribution in [-0.2, 0) is 0 Å². The number of nitrogens with zero attached hydrogens (tertiary/aromatic N) is 4. The van der Waals surface area contributed by atoms with E-state index in [4.69, 9.17) is 4.74 Å². The molecule has 3 aromatic rings. The van der Waals surface area contributed by atoms with E-state index >= 15 is 0 Å². The molecule has 1 saturated heterocycles. The van der Waals surface area contributed by atoms with Crippen LogP contribution in [0.5, 0.6) is 11.6 Å². The van der Waals surface area contributed by atoms with Crippen molar-refractivity contribution in [2.45, 2.75) is 37.5 Å². The normalized spacial score (nSPS) is 25.8. The van der Waals surface area contributed by atoms with Gasteiger partial charge in [-0.25, -0.2) is 4.98 Å². The van der Waals surface area contributed by atoms with E-state index in [1.165, 1.54) is 0 Å². The molecule has 1 aromatic carbocycles. The highest BCUT2D eigenvalue weighted by Gasteiger charge is 2.39. The third-order valence-electron chi connectivity index (χ3n) is 5.37. The number of phenols is 1. The second kappa shape index (κ2) is 6.45. The maximum absolute atomic E-state index is 10.4. The molecule has 2 N–H and O–H groups in total. The second-order valence-electron chi connectivity index (χ2n) is 7.64. The SMILES string of the molecule is C[C@]12C=C[C@H](C[C@@H](Oc3ccc(-c4ccc(-n5ccnc5)cc4O)nn3)C1)N2. The molecule has 2 aliphatic heterocycles. The molecule has 0 amide bonds. The number of phenolic OH excluding ortho intramolecular Hbond substituents is 1. The molecule has 2 bridgehead atoms. The molecule has 0 spiro atoms. The monoisotopic (exact) mass is 375 g/mol. The first-order chi connectivity index (χ1) is 13.6. The zero-order valence-electron chi connectivity index (χ0n) is 15.5. The molecule has 7 nitrogen and oxygen atoms in total. The number of benzene rings is 1. The second-order valence-corrected chi connectivity index (χ2v) is 7.64. The molecule has 0 radical (unpaired) electrons. The summed E-state index contributed by atoms with van der Waals surface area (Å²) in [6, 6.07) is 9.41. The molecule has 2 aliphatic rings. The van der Waals surface area contributed by atoms with Crippen LogP contribution in [0, 0.1) is 0 Å². The predicted octanol–water partition coefficient (Wildman–Crippen LogP) is 2.86. The van der Waals surface area contributed by atoms with E-state index in [0.29, 0.717) is 23.2 Å². The van der Waals surface area contributed by atoms with Crippen LogP contribution in [0.1, 0.15) is 19.8 Å². The molecule has 0 unspecified atom stereocenters. The maximum Gasteiger partial charge on any atom is 0.233 e. The van der Waals surface area contributed by atoms with Crippen molar-refractivity contribution in [2.75, 3.05) is 0 Å². The number of hydrogen-bond donors (Lipinski definition) is 2. The summed E-state index contributed by atoms with van der Waals surface area (Å²) >= 11 is 0. The van der Waals surface area contributed by atoms with Crippen LogP contribution in [0.4, 0.5) is 0 Å². The number of imidazole rings is 1. The minimum atomic E-state index is 0.00370. The Hall–Kier alpha value is -3.19. The van der Waals surface area contributed by atoms with Gasteiger partial charge >= 0.3 is 0 Å². The van der Waals surface area contributed by atoms with Crippen molar-refractivity contribution >= 4 is 0 Å². The quantitative estimate of drug-likeness (QED) is 0.682. The van der Waals surface area contributed by atoms with Crippen molar-refractivity contribution in [3.63, 3.8) is 0 Å². The molecule has 0 saturated carbocycles. The lowest BCUT2D eigenvalue weighted by Crippen LogP contribution is -2.51. The van der Waals surface area contributed by atoms with Crippen LogP contribution in [0.3, 0.4) is 0 Å². The van der Waals surface area contributed by atoms with Gasteiger partial charge in [0.05, 0.1) is 17.7 Å². The Labute approximate surface area is 162 Å². The lowest BCUT2D eigenvalue weighted by atomic mass is 9.91. The topological polar surface area (TPSA) is 85.1 Å². The Morgan fingerprint density at radius 3 is 2.89 bits per heavy atom. The van der Waals surface area contributed by atoms with Crippen LogP contribution in [0.25, 0.3) is 16.9 Å². The van der Waals surface area contributed by atoms with Crippen LogP contribution in [0.2, 0.25) is 0 Å². The van der Waals surface area contributed by atoms with Crippen molar-refractivity contribution < 1.29 is 9.84 Å². The minimum absolute atomic E-state index is 0.00370. The Bertz CT molecular complexity index is 1020. The van der Waals surface area contributed by atoms with Crippen LogP contribution >= 0.6 is 0 Å². The first-order valence-electron chi connectivity index (χ1n) is 9.37. The van der Waals surface area contributed by atoms with E-state index in [0.717, 1.165) is 18.5 Å². The smallest absolute Gasteiger partial charge is 0.233 e. The van der Waals surface area contributed by atoms with Crippen molar-refractivity contribution in [1.29, 1.82) is 0 Å². The number of nitrogens with one attached hydrogen (secondary N) is 1. The number of hydrogen-bond acceptors (Lipinski definition) is 6. The zero-order chi connectivity index (χ0) is 19.1. The fourth-order valence-electron chi connectivity index (χ4n) is 4.05. The summed E-state index contributed by atoms with van der Waals surface area (Å²) in [5.41, 5.74) is 2.05. The lowest BCUT2D eigenvalue weighted by molar-refractivity contribution is 0.110. The molecule has 0 aliphatic carbocycles. The number of aromatic hydroxyl groups is 1. The molecular formula is C21H21N5O2. The summed E-state index contributed by atoms with van der Waals surface area (Å²) < 4.78 is 7.89. The van der Waals surface area contributed by atoms with E-state index in [-0.39, 0.29) is 17.4 Å². The lowest BCUT2D eigenvalue weighted by Gasteiger charge is -2.36. The number of rotatable bonds is 4. The van der Waals surface area contributed by atoms with Gasteiger partial charge in [-0.05, 0) is 25.1 Å².